The quantitative estimate of drug-likeness (QED) is 0.167. The van der Waals surface area contributed by atoms with E-state index < -0.39 is 11.9 Å². The summed E-state index contributed by atoms with van der Waals surface area (Å²) in [6.45, 7) is 2.74. The lowest BCUT2D eigenvalue weighted by atomic mass is 10.1. The summed E-state index contributed by atoms with van der Waals surface area (Å²) in [5, 5.41) is 19.6. The van der Waals surface area contributed by atoms with Crippen LogP contribution in [0.4, 0.5) is 0 Å². The molecule has 33 heavy (non-hydrogen) atoms. The van der Waals surface area contributed by atoms with Crippen LogP contribution in [0.25, 0.3) is 6.08 Å². The Morgan fingerprint density at radius 2 is 1.67 bits per heavy atom. The molecule has 178 valence electrons. The van der Waals surface area contributed by atoms with Crippen molar-refractivity contribution in [2.45, 2.75) is 52.1 Å². The Labute approximate surface area is 195 Å². The minimum atomic E-state index is -0.974. The first kappa shape index (κ1) is 25.9. The summed E-state index contributed by atoms with van der Waals surface area (Å²) in [5.41, 5.74) is 1.77. The number of hydroxylamine groups is 2. The van der Waals surface area contributed by atoms with Gasteiger partial charge in [-0.3, -0.25) is 10.0 Å². The van der Waals surface area contributed by atoms with Gasteiger partial charge in [-0.1, -0.05) is 57.2 Å². The Hall–Kier alpha value is -3.32. The summed E-state index contributed by atoms with van der Waals surface area (Å²) < 4.78 is 11.2. The van der Waals surface area contributed by atoms with Crippen molar-refractivity contribution < 1.29 is 29.4 Å². The third-order valence-electron chi connectivity index (χ3n) is 5.18. The number of carboxylic acids is 1. The van der Waals surface area contributed by atoms with Gasteiger partial charge < -0.3 is 14.6 Å². The molecule has 0 aliphatic heterocycles. The largest absolute Gasteiger partial charge is 0.493 e. The van der Waals surface area contributed by atoms with Crippen LogP contribution in [0, 0.1) is 0 Å². The Bertz CT molecular complexity index is 923. The summed E-state index contributed by atoms with van der Waals surface area (Å²) in [6, 6.07) is 11.7. The number of carboxylic acid groups (broad SMARTS) is 1. The third kappa shape index (κ3) is 8.98. The predicted octanol–water partition coefficient (Wildman–Crippen LogP) is 5.56. The molecular weight excluding hydrogens is 422 g/mol. The van der Waals surface area contributed by atoms with E-state index in [1.165, 1.54) is 44.6 Å². The molecule has 2 aromatic carbocycles. The Kier molecular flexibility index (Phi) is 11.0. The van der Waals surface area contributed by atoms with Crippen LogP contribution in [-0.2, 0) is 11.4 Å². The molecule has 2 N–H and O–H groups in total. The molecule has 0 bridgehead atoms. The average molecular weight is 456 g/mol. The second-order valence-corrected chi connectivity index (χ2v) is 7.76. The molecule has 7 nitrogen and oxygen atoms in total. The van der Waals surface area contributed by atoms with Gasteiger partial charge in [0.15, 0.2) is 11.5 Å². The Balaban J connectivity index is 1.87. The fraction of sp³-hybridized carbons (Fsp3) is 0.385. The lowest BCUT2D eigenvalue weighted by Crippen LogP contribution is -2.26. The van der Waals surface area contributed by atoms with Crippen LogP contribution in [-0.4, -0.2) is 40.9 Å². The van der Waals surface area contributed by atoms with Gasteiger partial charge in [0.2, 0.25) is 0 Å². The summed E-state index contributed by atoms with van der Waals surface area (Å²) >= 11 is 0. The molecule has 0 fully saturated rings. The summed E-state index contributed by atoms with van der Waals surface area (Å²) in [7, 11) is 1.53. The van der Waals surface area contributed by atoms with E-state index in [0.29, 0.717) is 18.0 Å². The number of carbonyl (C=O) groups excluding carboxylic acids is 1. The number of rotatable bonds is 14. The molecule has 0 atom stereocenters. The van der Waals surface area contributed by atoms with E-state index in [1.807, 2.05) is 0 Å². The lowest BCUT2D eigenvalue weighted by Gasteiger charge is -2.13. The van der Waals surface area contributed by atoms with Crippen LogP contribution >= 0.6 is 0 Å². The number of methoxy groups -OCH3 is 1. The second kappa shape index (κ2) is 14.0. The van der Waals surface area contributed by atoms with Crippen molar-refractivity contribution in [1.82, 2.24) is 5.06 Å². The van der Waals surface area contributed by atoms with Crippen molar-refractivity contribution in [1.29, 1.82) is 0 Å². The van der Waals surface area contributed by atoms with Crippen molar-refractivity contribution in [3.05, 3.63) is 65.2 Å². The molecule has 0 aliphatic carbocycles. The number of ether oxygens (including phenoxy) is 2. The maximum Gasteiger partial charge on any atom is 0.335 e. The molecule has 0 aliphatic rings. The van der Waals surface area contributed by atoms with Gasteiger partial charge in [-0.25, -0.2) is 9.86 Å². The molecule has 0 radical (unpaired) electrons. The highest BCUT2D eigenvalue weighted by molar-refractivity contribution is 5.91. The Morgan fingerprint density at radius 3 is 2.33 bits per heavy atom. The van der Waals surface area contributed by atoms with Gasteiger partial charge in [0.1, 0.15) is 6.61 Å². The van der Waals surface area contributed by atoms with E-state index in [4.69, 9.17) is 14.6 Å². The first-order valence-corrected chi connectivity index (χ1v) is 11.3. The first-order valence-electron chi connectivity index (χ1n) is 11.3. The van der Waals surface area contributed by atoms with Gasteiger partial charge >= 0.3 is 5.97 Å². The number of carbonyl (C=O) groups is 2. The molecule has 0 spiro atoms. The molecule has 2 rings (SSSR count). The molecule has 0 saturated carbocycles. The van der Waals surface area contributed by atoms with E-state index in [2.05, 4.69) is 6.92 Å². The van der Waals surface area contributed by atoms with Crippen LogP contribution in [0.1, 0.15) is 66.9 Å². The summed E-state index contributed by atoms with van der Waals surface area (Å²) in [4.78, 5) is 23.1. The number of hydrogen-bond donors (Lipinski definition) is 2. The maximum absolute atomic E-state index is 12.1. The second-order valence-electron chi connectivity index (χ2n) is 7.76. The lowest BCUT2D eigenvalue weighted by molar-refractivity contribution is -0.159. The van der Waals surface area contributed by atoms with Gasteiger partial charge in [-0.2, -0.15) is 0 Å². The van der Waals surface area contributed by atoms with E-state index in [9.17, 15) is 14.8 Å². The van der Waals surface area contributed by atoms with Crippen LogP contribution in [0.15, 0.2) is 48.5 Å². The molecule has 0 saturated heterocycles. The molecular formula is C26H33NO6. The van der Waals surface area contributed by atoms with Crippen molar-refractivity contribution in [3.8, 4) is 11.5 Å². The van der Waals surface area contributed by atoms with E-state index in [0.717, 1.165) is 35.5 Å². The van der Waals surface area contributed by atoms with Gasteiger partial charge in [0.05, 0.1) is 12.7 Å². The third-order valence-corrected chi connectivity index (χ3v) is 5.18. The molecule has 0 unspecified atom stereocenters. The van der Waals surface area contributed by atoms with Crippen LogP contribution in [0.3, 0.4) is 0 Å². The minimum Gasteiger partial charge on any atom is -0.493 e. The number of nitrogens with zero attached hydrogens (tertiary/aromatic N) is 1. The van der Waals surface area contributed by atoms with Crippen LogP contribution in [0.2, 0.25) is 0 Å². The Morgan fingerprint density at radius 1 is 0.970 bits per heavy atom. The normalized spacial score (nSPS) is 10.9. The molecule has 2 aromatic rings. The maximum atomic E-state index is 12.1. The first-order chi connectivity index (χ1) is 15.9. The monoisotopic (exact) mass is 455 g/mol. The number of hydrogen-bond acceptors (Lipinski definition) is 5. The van der Waals surface area contributed by atoms with Gasteiger partial charge in [0.25, 0.3) is 5.91 Å². The average Bonchev–Trinajstić information content (AvgIpc) is 2.83. The highest BCUT2D eigenvalue weighted by Gasteiger charge is 2.09. The number of aromatic carboxylic acids is 1. The molecule has 0 heterocycles. The summed E-state index contributed by atoms with van der Waals surface area (Å²) in [5.74, 6) is -0.416. The smallest absolute Gasteiger partial charge is 0.335 e. The van der Waals surface area contributed by atoms with Crippen molar-refractivity contribution in [3.63, 3.8) is 0 Å². The zero-order chi connectivity index (χ0) is 24.1. The highest BCUT2D eigenvalue weighted by atomic mass is 16.5. The SMILES string of the molecule is CCCCCCCCN(O)C(=O)/C=C/c1ccc(OCc2ccc(C(=O)O)cc2)c(OC)c1. The van der Waals surface area contributed by atoms with Gasteiger partial charge in [0, 0.05) is 12.6 Å². The van der Waals surface area contributed by atoms with Crippen LogP contribution < -0.4 is 9.47 Å². The fourth-order valence-corrected chi connectivity index (χ4v) is 3.22. The predicted molar refractivity (Wildman–Crippen MR) is 127 cm³/mol. The zero-order valence-electron chi connectivity index (χ0n) is 19.3. The van der Waals surface area contributed by atoms with Gasteiger partial charge in [-0.15, -0.1) is 0 Å². The van der Waals surface area contributed by atoms with Crippen LogP contribution in [0.5, 0.6) is 11.5 Å². The van der Waals surface area contributed by atoms with Gasteiger partial charge in [-0.05, 0) is 47.9 Å². The fourth-order valence-electron chi connectivity index (χ4n) is 3.22. The standard InChI is InChI=1S/C26H33NO6/c1-3-4-5-6-7-8-17-27(31)25(28)16-12-20-11-15-23(24(18-20)32-2)33-19-21-9-13-22(14-10-21)26(29)30/h9-16,18,31H,3-8,17,19H2,1-2H3,(H,29,30)/b16-12+. The van der Waals surface area contributed by atoms with E-state index in [-0.39, 0.29) is 12.2 Å². The van der Waals surface area contributed by atoms with Crippen molar-refractivity contribution in [2.24, 2.45) is 0 Å². The molecule has 1 amide bonds. The van der Waals surface area contributed by atoms with E-state index >= 15 is 0 Å². The van der Waals surface area contributed by atoms with Crippen molar-refractivity contribution in [2.75, 3.05) is 13.7 Å². The number of benzene rings is 2. The highest BCUT2D eigenvalue weighted by Crippen LogP contribution is 2.29. The minimum absolute atomic E-state index is 0.218. The molecule has 0 aromatic heterocycles. The summed E-state index contributed by atoms with van der Waals surface area (Å²) in [6.07, 6.45) is 9.44. The topological polar surface area (TPSA) is 96.3 Å². The molecule has 7 heteroatoms. The number of amides is 1. The van der Waals surface area contributed by atoms with E-state index in [1.54, 1.807) is 36.4 Å². The van der Waals surface area contributed by atoms with Crippen molar-refractivity contribution >= 4 is 18.0 Å². The zero-order valence-corrected chi connectivity index (χ0v) is 19.3. The number of unbranched alkanes of at least 4 members (excludes halogenated alkanes) is 5.